The number of nitrogens with one attached hydrogen (secondary N) is 1. The van der Waals surface area contributed by atoms with E-state index in [-0.39, 0.29) is 24.4 Å². The zero-order chi connectivity index (χ0) is 18.7. The molecule has 0 radical (unpaired) electrons. The molecule has 2 fully saturated rings. The number of ether oxygens (including phenoxy) is 1. The Balaban J connectivity index is 1.64. The summed E-state index contributed by atoms with van der Waals surface area (Å²) in [6, 6.07) is 7.03. The van der Waals surface area contributed by atoms with Crippen LogP contribution in [0.4, 0.5) is 0 Å². The molecule has 0 spiro atoms. The monoisotopic (exact) mass is 410 g/mol. The van der Waals surface area contributed by atoms with Gasteiger partial charge in [-0.05, 0) is 23.8 Å². The number of benzene rings is 1. The third-order valence-corrected chi connectivity index (χ3v) is 6.54. The number of hydrogen-bond donors (Lipinski definition) is 2. The fourth-order valence-corrected chi connectivity index (χ4v) is 4.99. The highest BCUT2D eigenvalue weighted by Gasteiger charge is 2.34. The van der Waals surface area contributed by atoms with Crippen LogP contribution in [0.15, 0.2) is 29.2 Å². The molecule has 2 N–H and O–H groups in total. The van der Waals surface area contributed by atoms with Crippen LogP contribution in [0.2, 0.25) is 0 Å². The van der Waals surface area contributed by atoms with Crippen LogP contribution < -0.4 is 10.1 Å². The van der Waals surface area contributed by atoms with Crippen molar-refractivity contribution >= 4 is 58.0 Å². The molecule has 138 valence electrons. The van der Waals surface area contributed by atoms with Gasteiger partial charge in [-0.1, -0.05) is 36.1 Å². The number of amides is 2. The third kappa shape index (κ3) is 4.40. The first kappa shape index (κ1) is 19.2. The number of aliphatic hydroxyl groups excluding tert-OH is 1. The fourth-order valence-electron chi connectivity index (χ4n) is 2.56. The third-order valence-electron chi connectivity index (χ3n) is 3.99. The van der Waals surface area contributed by atoms with E-state index >= 15 is 0 Å². The Morgan fingerprint density at radius 2 is 2.15 bits per heavy atom. The topological polar surface area (TPSA) is 78.9 Å². The quantitative estimate of drug-likeness (QED) is 0.562. The predicted molar refractivity (Wildman–Crippen MR) is 108 cm³/mol. The number of hydrogen-bond acceptors (Lipinski definition) is 7. The Labute approximate surface area is 165 Å². The van der Waals surface area contributed by atoms with Crippen molar-refractivity contribution in [3.05, 3.63) is 34.7 Å². The SMILES string of the molecule is COc1ccc(/C=C2/SC(=S)N(CC(=O)NC3CSCC3O)C2=O)cc1. The van der Waals surface area contributed by atoms with Gasteiger partial charge in [0.2, 0.25) is 5.91 Å². The van der Waals surface area contributed by atoms with E-state index in [1.807, 2.05) is 24.3 Å². The number of methoxy groups -OCH3 is 1. The summed E-state index contributed by atoms with van der Waals surface area (Å²) in [7, 11) is 1.59. The molecule has 2 aliphatic heterocycles. The van der Waals surface area contributed by atoms with Gasteiger partial charge in [0.25, 0.3) is 5.91 Å². The number of nitrogens with zero attached hydrogens (tertiary/aromatic N) is 1. The molecule has 6 nitrogen and oxygen atoms in total. The van der Waals surface area contributed by atoms with Crippen molar-refractivity contribution in [3.63, 3.8) is 0 Å². The number of thiocarbonyl (C=S) groups is 1. The molecule has 1 aromatic rings. The van der Waals surface area contributed by atoms with Gasteiger partial charge in [0.1, 0.15) is 16.6 Å². The zero-order valence-electron chi connectivity index (χ0n) is 14.0. The molecule has 2 atom stereocenters. The highest BCUT2D eigenvalue weighted by Crippen LogP contribution is 2.32. The number of carbonyl (C=O) groups excluding carboxylic acids is 2. The number of carbonyl (C=O) groups is 2. The van der Waals surface area contributed by atoms with Crippen molar-refractivity contribution in [3.8, 4) is 5.75 Å². The lowest BCUT2D eigenvalue weighted by atomic mass is 10.2. The van der Waals surface area contributed by atoms with Gasteiger partial charge in [-0.25, -0.2) is 0 Å². The zero-order valence-corrected chi connectivity index (χ0v) is 16.5. The number of rotatable bonds is 5. The van der Waals surface area contributed by atoms with Crippen LogP contribution in [0.1, 0.15) is 5.56 Å². The average molecular weight is 411 g/mol. The van der Waals surface area contributed by atoms with Gasteiger partial charge in [0.15, 0.2) is 0 Å². The van der Waals surface area contributed by atoms with Crippen LogP contribution >= 0.6 is 35.7 Å². The first-order valence-electron chi connectivity index (χ1n) is 7.92. The second-order valence-corrected chi connectivity index (χ2v) is 8.57. The van der Waals surface area contributed by atoms with Gasteiger partial charge >= 0.3 is 0 Å². The van der Waals surface area contributed by atoms with Gasteiger partial charge in [-0.15, -0.1) is 0 Å². The second kappa shape index (κ2) is 8.43. The Morgan fingerprint density at radius 1 is 1.42 bits per heavy atom. The molecule has 0 bridgehead atoms. The summed E-state index contributed by atoms with van der Waals surface area (Å²) < 4.78 is 5.47. The first-order valence-corrected chi connectivity index (χ1v) is 10.3. The molecule has 2 unspecified atom stereocenters. The van der Waals surface area contributed by atoms with Crippen LogP contribution in [0, 0.1) is 0 Å². The van der Waals surface area contributed by atoms with Crippen molar-refractivity contribution in [2.75, 3.05) is 25.2 Å². The summed E-state index contributed by atoms with van der Waals surface area (Å²) in [5.41, 5.74) is 0.849. The number of thioether (sulfide) groups is 2. The van der Waals surface area contributed by atoms with Crippen LogP contribution in [0.5, 0.6) is 5.75 Å². The van der Waals surface area contributed by atoms with E-state index in [0.29, 0.717) is 20.7 Å². The second-order valence-electron chi connectivity index (χ2n) is 5.82. The maximum atomic E-state index is 12.6. The summed E-state index contributed by atoms with van der Waals surface area (Å²) in [5.74, 6) is 1.41. The van der Waals surface area contributed by atoms with Crippen molar-refractivity contribution in [2.45, 2.75) is 12.1 Å². The Kier molecular flexibility index (Phi) is 6.23. The summed E-state index contributed by atoms with van der Waals surface area (Å²) in [5, 5.41) is 12.6. The van der Waals surface area contributed by atoms with E-state index in [2.05, 4.69) is 5.32 Å². The van der Waals surface area contributed by atoms with E-state index in [1.54, 1.807) is 24.9 Å². The molecule has 1 aromatic carbocycles. The van der Waals surface area contributed by atoms with Crippen LogP contribution in [-0.2, 0) is 9.59 Å². The van der Waals surface area contributed by atoms with E-state index in [0.717, 1.165) is 11.3 Å². The van der Waals surface area contributed by atoms with Crippen molar-refractivity contribution in [1.29, 1.82) is 0 Å². The molecule has 2 amide bonds. The molecule has 26 heavy (non-hydrogen) atoms. The molecule has 9 heteroatoms. The number of aliphatic hydroxyl groups is 1. The van der Waals surface area contributed by atoms with E-state index < -0.39 is 6.10 Å². The molecular weight excluding hydrogens is 392 g/mol. The maximum Gasteiger partial charge on any atom is 0.266 e. The Bertz CT molecular complexity index is 751. The molecule has 0 aliphatic carbocycles. The molecule has 0 saturated carbocycles. The van der Waals surface area contributed by atoms with Gasteiger partial charge in [0, 0.05) is 11.5 Å². The van der Waals surface area contributed by atoms with Gasteiger partial charge in [0.05, 0.1) is 24.2 Å². The van der Waals surface area contributed by atoms with E-state index in [4.69, 9.17) is 17.0 Å². The standard InChI is InChI=1S/C17H18N2O4S3/c1-23-11-4-2-10(3-5-11)6-14-16(22)19(17(24)26-14)7-15(21)18-12-8-25-9-13(12)20/h2-6,12-13,20H,7-9H2,1H3,(H,18,21)/b14-6+. The molecular formula is C17H18N2O4S3. The lowest BCUT2D eigenvalue weighted by molar-refractivity contribution is -0.129. The average Bonchev–Trinajstić information content (AvgIpc) is 3.14. The Morgan fingerprint density at radius 3 is 2.77 bits per heavy atom. The lowest BCUT2D eigenvalue weighted by Crippen LogP contribution is -2.47. The highest BCUT2D eigenvalue weighted by molar-refractivity contribution is 8.26. The van der Waals surface area contributed by atoms with Crippen molar-refractivity contribution in [2.24, 2.45) is 0 Å². The molecule has 3 rings (SSSR count). The minimum atomic E-state index is -0.551. The summed E-state index contributed by atoms with van der Waals surface area (Å²) >= 11 is 8.01. The normalized spacial score (nSPS) is 24.4. The maximum absolute atomic E-state index is 12.6. The lowest BCUT2D eigenvalue weighted by Gasteiger charge is -2.18. The highest BCUT2D eigenvalue weighted by atomic mass is 32.2. The predicted octanol–water partition coefficient (Wildman–Crippen LogP) is 1.49. The first-order chi connectivity index (χ1) is 12.5. The van der Waals surface area contributed by atoms with Crippen molar-refractivity contribution < 1.29 is 19.4 Å². The minimum Gasteiger partial charge on any atom is -0.497 e. The van der Waals surface area contributed by atoms with Crippen LogP contribution in [-0.4, -0.2) is 63.4 Å². The molecule has 2 saturated heterocycles. The van der Waals surface area contributed by atoms with Gasteiger partial charge in [-0.2, -0.15) is 11.8 Å². The van der Waals surface area contributed by atoms with E-state index in [9.17, 15) is 14.7 Å². The fraction of sp³-hybridized carbons (Fsp3) is 0.353. The largest absolute Gasteiger partial charge is 0.497 e. The minimum absolute atomic E-state index is 0.140. The Hall–Kier alpha value is -1.55. The molecule has 2 heterocycles. The molecule has 0 aromatic heterocycles. The van der Waals surface area contributed by atoms with Crippen LogP contribution in [0.3, 0.4) is 0 Å². The van der Waals surface area contributed by atoms with Gasteiger partial charge in [-0.3, -0.25) is 14.5 Å². The molecule has 2 aliphatic rings. The van der Waals surface area contributed by atoms with Crippen LogP contribution in [0.25, 0.3) is 6.08 Å². The van der Waals surface area contributed by atoms with Gasteiger partial charge < -0.3 is 15.2 Å². The van der Waals surface area contributed by atoms with Crippen molar-refractivity contribution in [1.82, 2.24) is 10.2 Å². The summed E-state index contributed by atoms with van der Waals surface area (Å²) in [4.78, 5) is 26.5. The van der Waals surface area contributed by atoms with E-state index in [1.165, 1.54) is 16.7 Å². The smallest absolute Gasteiger partial charge is 0.266 e. The summed E-state index contributed by atoms with van der Waals surface area (Å²) in [6.45, 7) is -0.140. The summed E-state index contributed by atoms with van der Waals surface area (Å²) in [6.07, 6.45) is 1.19.